The number of rotatable bonds is 5. The summed E-state index contributed by atoms with van der Waals surface area (Å²) in [7, 11) is 0. The number of para-hydroxylation sites is 1. The van der Waals surface area contributed by atoms with Crippen molar-refractivity contribution in [1.82, 2.24) is 20.5 Å². The average molecular weight is 383 g/mol. The van der Waals surface area contributed by atoms with Gasteiger partial charge in [0.05, 0.1) is 18.7 Å². The topological polar surface area (TPSA) is 78.9 Å². The number of carbonyl (C=O) groups excluding carboxylic acids is 1. The third-order valence-electron chi connectivity index (χ3n) is 4.85. The van der Waals surface area contributed by atoms with Crippen LogP contribution in [-0.4, -0.2) is 54.2 Å². The van der Waals surface area contributed by atoms with Gasteiger partial charge in [0, 0.05) is 37.3 Å². The van der Waals surface area contributed by atoms with Gasteiger partial charge in [-0.05, 0) is 44.4 Å². The molecule has 3 rings (SSSR count). The summed E-state index contributed by atoms with van der Waals surface area (Å²) in [6.45, 7) is 7.08. The number of piperidine rings is 1. The molecule has 0 radical (unpaired) electrons. The lowest BCUT2D eigenvalue weighted by Crippen LogP contribution is -2.49. The lowest BCUT2D eigenvalue weighted by Gasteiger charge is -2.32. The molecule has 0 unspecified atom stereocenters. The van der Waals surface area contributed by atoms with Crippen molar-refractivity contribution in [2.45, 2.75) is 39.3 Å². The van der Waals surface area contributed by atoms with Gasteiger partial charge in [0.15, 0.2) is 5.96 Å². The number of ether oxygens (including phenoxy) is 1. The van der Waals surface area contributed by atoms with Gasteiger partial charge in [-0.1, -0.05) is 18.2 Å². The molecule has 28 heavy (non-hydrogen) atoms. The Morgan fingerprint density at radius 2 is 2.04 bits per heavy atom. The Kier molecular flexibility index (Phi) is 7.06. The number of benzene rings is 1. The fraction of sp³-hybridized carbons (Fsp3) is 0.476. The molecule has 150 valence electrons. The van der Waals surface area contributed by atoms with Gasteiger partial charge in [-0.25, -0.2) is 9.79 Å². The molecule has 0 spiro atoms. The third kappa shape index (κ3) is 5.12. The van der Waals surface area contributed by atoms with Gasteiger partial charge in [0.1, 0.15) is 0 Å². The number of hydrogen-bond donors (Lipinski definition) is 2. The molecule has 2 N–H and O–H groups in total. The summed E-state index contributed by atoms with van der Waals surface area (Å²) >= 11 is 0. The van der Waals surface area contributed by atoms with Crippen LogP contribution in [0.15, 0.2) is 41.5 Å². The highest BCUT2D eigenvalue weighted by atomic mass is 16.6. The predicted octanol–water partition coefficient (Wildman–Crippen LogP) is 2.91. The molecule has 1 amide bonds. The van der Waals surface area contributed by atoms with Gasteiger partial charge in [-0.3, -0.25) is 4.98 Å². The van der Waals surface area contributed by atoms with Gasteiger partial charge in [-0.2, -0.15) is 0 Å². The number of guanidine groups is 1. The monoisotopic (exact) mass is 383 g/mol. The van der Waals surface area contributed by atoms with E-state index in [1.807, 2.05) is 37.4 Å². The molecule has 7 heteroatoms. The molecule has 1 aromatic carbocycles. The highest BCUT2D eigenvalue weighted by Gasteiger charge is 2.24. The van der Waals surface area contributed by atoms with Crippen LogP contribution in [0.3, 0.4) is 0 Å². The van der Waals surface area contributed by atoms with E-state index < -0.39 is 0 Å². The minimum Gasteiger partial charge on any atom is -0.450 e. The van der Waals surface area contributed by atoms with Crippen molar-refractivity contribution in [1.29, 1.82) is 0 Å². The smallest absolute Gasteiger partial charge is 0.409 e. The zero-order valence-corrected chi connectivity index (χ0v) is 16.6. The van der Waals surface area contributed by atoms with Crippen molar-refractivity contribution in [2.75, 3.05) is 26.2 Å². The number of nitrogens with zero attached hydrogens (tertiary/aromatic N) is 3. The second kappa shape index (κ2) is 9.92. The number of likely N-dealkylation sites (tertiary alicyclic amines) is 1. The molecule has 7 nitrogen and oxygen atoms in total. The lowest BCUT2D eigenvalue weighted by molar-refractivity contribution is 0.0963. The van der Waals surface area contributed by atoms with Crippen molar-refractivity contribution in [3.8, 4) is 0 Å². The van der Waals surface area contributed by atoms with E-state index in [9.17, 15) is 4.79 Å². The Morgan fingerprint density at radius 3 is 2.79 bits per heavy atom. The number of carbonyl (C=O) groups is 1. The molecule has 0 bridgehead atoms. The van der Waals surface area contributed by atoms with Crippen molar-refractivity contribution in [3.63, 3.8) is 0 Å². The first kappa shape index (κ1) is 19.9. The summed E-state index contributed by atoms with van der Waals surface area (Å²) in [5, 5.41) is 7.96. The SMILES string of the molecule is CCNC(=NCc1ccnc2ccccc12)NC1CCN(C(=O)OCC)CC1. The van der Waals surface area contributed by atoms with Gasteiger partial charge >= 0.3 is 6.09 Å². The molecule has 1 saturated heterocycles. The number of amides is 1. The maximum atomic E-state index is 11.8. The highest BCUT2D eigenvalue weighted by Crippen LogP contribution is 2.17. The molecule has 0 saturated carbocycles. The van der Waals surface area contributed by atoms with E-state index in [2.05, 4.69) is 28.6 Å². The molecular weight excluding hydrogens is 354 g/mol. The summed E-state index contributed by atoms with van der Waals surface area (Å²) in [5.74, 6) is 0.804. The van der Waals surface area contributed by atoms with Crippen molar-refractivity contribution in [2.24, 2.45) is 4.99 Å². The van der Waals surface area contributed by atoms with E-state index in [1.165, 1.54) is 0 Å². The van der Waals surface area contributed by atoms with E-state index in [4.69, 9.17) is 9.73 Å². The van der Waals surface area contributed by atoms with Crippen LogP contribution in [0.1, 0.15) is 32.3 Å². The van der Waals surface area contributed by atoms with Gasteiger partial charge < -0.3 is 20.3 Å². The van der Waals surface area contributed by atoms with Crippen LogP contribution in [0.25, 0.3) is 10.9 Å². The minimum absolute atomic E-state index is 0.217. The zero-order chi connectivity index (χ0) is 19.8. The van der Waals surface area contributed by atoms with Crippen LogP contribution < -0.4 is 10.6 Å². The van der Waals surface area contributed by atoms with Crippen LogP contribution in [0.2, 0.25) is 0 Å². The standard InChI is InChI=1S/C21H29N5O2/c1-3-22-20(25-17-10-13-26(14-11-17)21(27)28-4-2)24-15-16-9-12-23-19-8-6-5-7-18(16)19/h5-9,12,17H,3-4,10-11,13-15H2,1-2H3,(H2,22,24,25). The highest BCUT2D eigenvalue weighted by molar-refractivity contribution is 5.83. The first-order valence-corrected chi connectivity index (χ1v) is 10.0. The second-order valence-electron chi connectivity index (χ2n) is 6.79. The minimum atomic E-state index is -0.217. The summed E-state index contributed by atoms with van der Waals surface area (Å²) in [5.41, 5.74) is 2.14. The molecule has 1 aliphatic heterocycles. The van der Waals surface area contributed by atoms with E-state index in [0.29, 0.717) is 26.2 Å². The molecule has 2 aromatic rings. The van der Waals surface area contributed by atoms with Crippen LogP contribution in [-0.2, 0) is 11.3 Å². The number of pyridine rings is 1. The largest absolute Gasteiger partial charge is 0.450 e. The van der Waals surface area contributed by atoms with Crippen LogP contribution in [0.4, 0.5) is 4.79 Å². The number of hydrogen-bond acceptors (Lipinski definition) is 4. The Morgan fingerprint density at radius 1 is 1.25 bits per heavy atom. The lowest BCUT2D eigenvalue weighted by atomic mass is 10.1. The summed E-state index contributed by atoms with van der Waals surface area (Å²) in [4.78, 5) is 22.8. The Bertz CT molecular complexity index is 810. The Hall–Kier alpha value is -2.83. The number of aromatic nitrogens is 1. The van der Waals surface area contributed by atoms with Gasteiger partial charge in [0.2, 0.25) is 0 Å². The maximum absolute atomic E-state index is 11.8. The molecule has 1 aliphatic rings. The number of nitrogens with one attached hydrogen (secondary N) is 2. The fourth-order valence-corrected chi connectivity index (χ4v) is 3.39. The Balaban J connectivity index is 1.61. The summed E-state index contributed by atoms with van der Waals surface area (Å²) < 4.78 is 5.08. The quantitative estimate of drug-likeness (QED) is 0.613. The zero-order valence-electron chi connectivity index (χ0n) is 16.6. The molecular formula is C21H29N5O2. The van der Waals surface area contributed by atoms with E-state index in [-0.39, 0.29) is 12.1 Å². The molecule has 0 atom stereocenters. The van der Waals surface area contributed by atoms with Crippen LogP contribution in [0.5, 0.6) is 0 Å². The normalized spacial score (nSPS) is 15.5. The van der Waals surface area contributed by atoms with Gasteiger partial charge in [-0.15, -0.1) is 0 Å². The Labute approximate surface area is 166 Å². The third-order valence-corrected chi connectivity index (χ3v) is 4.85. The van der Waals surface area contributed by atoms with E-state index in [1.54, 1.807) is 4.90 Å². The maximum Gasteiger partial charge on any atom is 0.409 e. The summed E-state index contributed by atoms with van der Waals surface area (Å²) in [6, 6.07) is 10.4. The average Bonchev–Trinajstić information content (AvgIpc) is 2.73. The second-order valence-corrected chi connectivity index (χ2v) is 6.79. The number of aliphatic imine (C=N–C) groups is 1. The first-order chi connectivity index (χ1) is 13.7. The molecule has 1 fully saturated rings. The van der Waals surface area contributed by atoms with E-state index in [0.717, 1.165) is 41.8 Å². The fourth-order valence-electron chi connectivity index (χ4n) is 3.39. The van der Waals surface area contributed by atoms with Gasteiger partial charge in [0.25, 0.3) is 0 Å². The van der Waals surface area contributed by atoms with Crippen molar-refractivity contribution < 1.29 is 9.53 Å². The van der Waals surface area contributed by atoms with E-state index >= 15 is 0 Å². The molecule has 1 aromatic heterocycles. The first-order valence-electron chi connectivity index (χ1n) is 10.0. The number of fused-ring (bicyclic) bond motifs is 1. The molecule has 2 heterocycles. The predicted molar refractivity (Wildman–Crippen MR) is 111 cm³/mol. The van der Waals surface area contributed by atoms with Crippen LogP contribution in [0, 0.1) is 0 Å². The summed E-state index contributed by atoms with van der Waals surface area (Å²) in [6.07, 6.45) is 3.37. The van der Waals surface area contributed by atoms with Crippen molar-refractivity contribution >= 4 is 23.0 Å². The van der Waals surface area contributed by atoms with Crippen LogP contribution >= 0.6 is 0 Å². The molecule has 0 aliphatic carbocycles. The van der Waals surface area contributed by atoms with Crippen molar-refractivity contribution in [3.05, 3.63) is 42.1 Å².